The molecule has 2 rings (SSSR count). The summed E-state index contributed by atoms with van der Waals surface area (Å²) in [5.41, 5.74) is 1.01. The van der Waals surface area contributed by atoms with Gasteiger partial charge in [0.05, 0.1) is 4.90 Å². The van der Waals surface area contributed by atoms with Gasteiger partial charge in [-0.1, -0.05) is 30.3 Å². The molecule has 1 atom stereocenters. The molecule has 8 heteroatoms. The SMILES string of the molecule is CNC(=O)c1ccc(S(=O)(=O)NC(Cc2ccccc2)C(=O)O)cc1. The summed E-state index contributed by atoms with van der Waals surface area (Å²) in [6.07, 6.45) is 0.0196. The fraction of sp³-hybridized carbons (Fsp3) is 0.176. The lowest BCUT2D eigenvalue weighted by Gasteiger charge is -2.15. The zero-order valence-corrected chi connectivity index (χ0v) is 14.3. The summed E-state index contributed by atoms with van der Waals surface area (Å²) in [5.74, 6) is -1.61. The summed E-state index contributed by atoms with van der Waals surface area (Å²) in [5, 5.41) is 11.7. The first kappa shape index (κ1) is 18.6. The van der Waals surface area contributed by atoms with Crippen molar-refractivity contribution in [3.05, 3.63) is 65.7 Å². The van der Waals surface area contributed by atoms with E-state index in [1.807, 2.05) is 0 Å². The summed E-state index contributed by atoms with van der Waals surface area (Å²) < 4.78 is 27.0. The Morgan fingerprint density at radius 1 is 1.04 bits per heavy atom. The zero-order chi connectivity index (χ0) is 18.4. The number of aliphatic carboxylic acids is 1. The van der Waals surface area contributed by atoms with Crippen LogP contribution in [0.4, 0.5) is 0 Å². The van der Waals surface area contributed by atoms with Gasteiger partial charge in [-0.25, -0.2) is 8.42 Å². The number of nitrogens with one attached hydrogen (secondary N) is 2. The summed E-state index contributed by atoms with van der Waals surface area (Å²) in [7, 11) is -2.57. The summed E-state index contributed by atoms with van der Waals surface area (Å²) >= 11 is 0. The Morgan fingerprint density at radius 3 is 2.16 bits per heavy atom. The van der Waals surface area contributed by atoms with Crippen LogP contribution in [0.25, 0.3) is 0 Å². The first-order chi connectivity index (χ1) is 11.8. The molecule has 0 aliphatic heterocycles. The average Bonchev–Trinajstić information content (AvgIpc) is 2.61. The van der Waals surface area contributed by atoms with Crippen LogP contribution in [-0.2, 0) is 21.2 Å². The Morgan fingerprint density at radius 2 is 1.64 bits per heavy atom. The fourth-order valence-electron chi connectivity index (χ4n) is 2.21. The molecule has 0 bridgehead atoms. The van der Waals surface area contributed by atoms with Gasteiger partial charge in [-0.2, -0.15) is 4.72 Å². The quantitative estimate of drug-likeness (QED) is 0.681. The van der Waals surface area contributed by atoms with Gasteiger partial charge in [-0.15, -0.1) is 0 Å². The van der Waals surface area contributed by atoms with Crippen molar-refractivity contribution in [1.29, 1.82) is 0 Å². The van der Waals surface area contributed by atoms with Gasteiger partial charge in [0, 0.05) is 12.6 Å². The van der Waals surface area contributed by atoms with E-state index in [4.69, 9.17) is 0 Å². The minimum Gasteiger partial charge on any atom is -0.480 e. The molecule has 0 saturated carbocycles. The van der Waals surface area contributed by atoms with Gasteiger partial charge in [0.25, 0.3) is 5.91 Å². The number of hydrogen-bond donors (Lipinski definition) is 3. The lowest BCUT2D eigenvalue weighted by atomic mass is 10.1. The summed E-state index contributed by atoms with van der Waals surface area (Å²) in [4.78, 5) is 22.8. The maximum Gasteiger partial charge on any atom is 0.322 e. The van der Waals surface area contributed by atoms with E-state index in [1.54, 1.807) is 30.3 Å². The largest absolute Gasteiger partial charge is 0.480 e. The molecule has 0 aromatic heterocycles. The van der Waals surface area contributed by atoms with E-state index in [0.29, 0.717) is 11.1 Å². The minimum atomic E-state index is -4.04. The molecule has 2 aromatic rings. The molecular weight excluding hydrogens is 344 g/mol. The third kappa shape index (κ3) is 4.88. The van der Waals surface area contributed by atoms with Crippen LogP contribution in [0.3, 0.4) is 0 Å². The van der Waals surface area contributed by atoms with E-state index >= 15 is 0 Å². The molecule has 0 heterocycles. The van der Waals surface area contributed by atoms with Gasteiger partial charge < -0.3 is 10.4 Å². The van der Waals surface area contributed by atoms with Gasteiger partial charge in [0.1, 0.15) is 6.04 Å². The normalized spacial score (nSPS) is 12.4. The van der Waals surface area contributed by atoms with Crippen LogP contribution in [0.15, 0.2) is 59.5 Å². The van der Waals surface area contributed by atoms with Crippen molar-refractivity contribution in [2.75, 3.05) is 7.05 Å². The molecule has 7 nitrogen and oxygen atoms in total. The fourth-order valence-corrected chi connectivity index (χ4v) is 3.40. The Bertz CT molecular complexity index is 848. The summed E-state index contributed by atoms with van der Waals surface area (Å²) in [6.45, 7) is 0. The number of carboxylic acids is 1. The highest BCUT2D eigenvalue weighted by molar-refractivity contribution is 7.89. The van der Waals surface area contributed by atoms with Gasteiger partial charge in [-0.3, -0.25) is 9.59 Å². The Kier molecular flexibility index (Phi) is 5.89. The van der Waals surface area contributed by atoms with Crippen LogP contribution in [-0.4, -0.2) is 38.5 Å². The number of hydrogen-bond acceptors (Lipinski definition) is 4. The zero-order valence-electron chi connectivity index (χ0n) is 13.5. The van der Waals surface area contributed by atoms with Gasteiger partial charge >= 0.3 is 5.97 Å². The second kappa shape index (κ2) is 7.91. The van der Waals surface area contributed by atoms with Crippen LogP contribution in [0.2, 0.25) is 0 Å². The lowest BCUT2D eigenvalue weighted by Crippen LogP contribution is -2.42. The molecule has 0 aliphatic rings. The maximum absolute atomic E-state index is 12.4. The van der Waals surface area contributed by atoms with E-state index in [2.05, 4.69) is 10.0 Å². The van der Waals surface area contributed by atoms with Gasteiger partial charge in [-0.05, 0) is 36.2 Å². The van der Waals surface area contributed by atoms with Crippen molar-refractivity contribution in [1.82, 2.24) is 10.0 Å². The lowest BCUT2D eigenvalue weighted by molar-refractivity contribution is -0.138. The highest BCUT2D eigenvalue weighted by Crippen LogP contribution is 2.13. The smallest absolute Gasteiger partial charge is 0.322 e. The van der Waals surface area contributed by atoms with Crippen LogP contribution in [0.1, 0.15) is 15.9 Å². The molecule has 0 spiro atoms. The Balaban J connectivity index is 2.19. The predicted octanol–water partition coefficient (Wildman–Crippen LogP) is 1.02. The number of carbonyl (C=O) groups is 2. The molecule has 3 N–H and O–H groups in total. The van der Waals surface area contributed by atoms with Gasteiger partial charge in [0.2, 0.25) is 10.0 Å². The molecule has 1 amide bonds. The van der Waals surface area contributed by atoms with Crippen molar-refractivity contribution in [3.63, 3.8) is 0 Å². The summed E-state index contributed by atoms with van der Waals surface area (Å²) in [6, 6.07) is 12.7. The highest BCUT2D eigenvalue weighted by atomic mass is 32.2. The monoisotopic (exact) mass is 362 g/mol. The van der Waals surface area contributed by atoms with E-state index in [9.17, 15) is 23.1 Å². The maximum atomic E-state index is 12.4. The van der Waals surface area contributed by atoms with E-state index in [0.717, 1.165) is 0 Å². The average molecular weight is 362 g/mol. The van der Waals surface area contributed by atoms with Gasteiger partial charge in [0.15, 0.2) is 0 Å². The van der Waals surface area contributed by atoms with Crippen molar-refractivity contribution in [2.24, 2.45) is 0 Å². The third-order valence-electron chi connectivity index (χ3n) is 3.53. The van der Waals surface area contributed by atoms with Crippen LogP contribution in [0.5, 0.6) is 0 Å². The molecular formula is C17H18N2O5S. The number of carbonyl (C=O) groups excluding carboxylic acids is 1. The number of amides is 1. The molecule has 0 fully saturated rings. The first-order valence-corrected chi connectivity index (χ1v) is 8.93. The Labute approximate surface area is 145 Å². The molecule has 132 valence electrons. The standard InChI is InChI=1S/C17H18N2O5S/c1-18-16(20)13-7-9-14(10-8-13)25(23,24)19-15(17(21)22)11-12-5-3-2-4-6-12/h2-10,15,19H,11H2,1H3,(H,18,20)(H,21,22). The van der Waals surface area contributed by atoms with Crippen LogP contribution < -0.4 is 10.0 Å². The second-order valence-corrected chi connectivity index (χ2v) is 7.02. The molecule has 0 radical (unpaired) electrons. The molecule has 0 saturated heterocycles. The van der Waals surface area contributed by atoms with Crippen molar-refractivity contribution in [3.8, 4) is 0 Å². The molecule has 1 unspecified atom stereocenters. The van der Waals surface area contributed by atoms with Crippen molar-refractivity contribution < 1.29 is 23.1 Å². The third-order valence-corrected chi connectivity index (χ3v) is 5.02. The Hall–Kier alpha value is -2.71. The molecule has 0 aliphatic carbocycles. The second-order valence-electron chi connectivity index (χ2n) is 5.31. The van der Waals surface area contributed by atoms with E-state index in [-0.39, 0.29) is 17.2 Å². The number of benzene rings is 2. The highest BCUT2D eigenvalue weighted by Gasteiger charge is 2.25. The molecule has 2 aromatic carbocycles. The predicted molar refractivity (Wildman–Crippen MR) is 91.7 cm³/mol. The van der Waals surface area contributed by atoms with Crippen LogP contribution in [0, 0.1) is 0 Å². The number of carboxylic acid groups (broad SMARTS) is 1. The van der Waals surface area contributed by atoms with Crippen molar-refractivity contribution in [2.45, 2.75) is 17.4 Å². The topological polar surface area (TPSA) is 113 Å². The van der Waals surface area contributed by atoms with Crippen molar-refractivity contribution >= 4 is 21.9 Å². The van der Waals surface area contributed by atoms with E-state index < -0.39 is 22.0 Å². The minimum absolute atomic E-state index is 0.0196. The van der Waals surface area contributed by atoms with Crippen LogP contribution >= 0.6 is 0 Å². The van der Waals surface area contributed by atoms with E-state index in [1.165, 1.54) is 31.3 Å². The number of sulfonamides is 1. The molecule has 25 heavy (non-hydrogen) atoms. The number of rotatable bonds is 7. The first-order valence-electron chi connectivity index (χ1n) is 7.44.